The maximum atomic E-state index is 12.2. The van der Waals surface area contributed by atoms with Gasteiger partial charge in [0.25, 0.3) is 0 Å². The summed E-state index contributed by atoms with van der Waals surface area (Å²) in [4.78, 5) is 27.4. The first-order valence-corrected chi connectivity index (χ1v) is 8.77. The van der Waals surface area contributed by atoms with Crippen molar-refractivity contribution in [1.29, 1.82) is 0 Å². The van der Waals surface area contributed by atoms with Gasteiger partial charge < -0.3 is 20.1 Å². The number of hydrogen-bond donors (Lipinski definition) is 2. The van der Waals surface area contributed by atoms with Gasteiger partial charge in [0.15, 0.2) is 0 Å². The normalized spacial score (nSPS) is 14.5. The van der Waals surface area contributed by atoms with Gasteiger partial charge in [0.05, 0.1) is 18.1 Å². The molecule has 0 saturated carbocycles. The molecule has 8 heteroatoms. The zero-order valence-electron chi connectivity index (χ0n) is 14.4. The first-order valence-electron chi connectivity index (χ1n) is 8.77. The van der Waals surface area contributed by atoms with Crippen molar-refractivity contribution in [3.05, 3.63) is 43.0 Å². The molecule has 1 amide bonds. The van der Waals surface area contributed by atoms with E-state index in [1.165, 1.54) is 0 Å². The number of aromatic nitrogens is 4. The van der Waals surface area contributed by atoms with Crippen LogP contribution < -0.4 is 15.5 Å². The van der Waals surface area contributed by atoms with Crippen LogP contribution in [0.25, 0.3) is 11.0 Å². The summed E-state index contributed by atoms with van der Waals surface area (Å²) < 4.78 is 1.99. The van der Waals surface area contributed by atoms with Crippen LogP contribution in [-0.2, 0) is 11.3 Å². The number of nitrogens with zero attached hydrogens (tertiary/aromatic N) is 5. The molecule has 0 aromatic carbocycles. The third-order valence-corrected chi connectivity index (χ3v) is 4.42. The van der Waals surface area contributed by atoms with Crippen molar-refractivity contribution < 1.29 is 4.79 Å². The molecule has 0 aliphatic carbocycles. The Kier molecular flexibility index (Phi) is 4.74. The topological polar surface area (TPSA) is 88.0 Å². The van der Waals surface area contributed by atoms with Crippen LogP contribution in [0.3, 0.4) is 0 Å². The molecule has 3 aromatic heterocycles. The fourth-order valence-electron chi connectivity index (χ4n) is 3.06. The predicted molar refractivity (Wildman–Crippen MR) is 100 cm³/mol. The van der Waals surface area contributed by atoms with Gasteiger partial charge in [-0.25, -0.2) is 15.0 Å². The number of piperazine rings is 1. The number of aryl methyl sites for hydroxylation is 1. The van der Waals surface area contributed by atoms with Gasteiger partial charge in [-0.15, -0.1) is 0 Å². The average molecular weight is 351 g/mol. The lowest BCUT2D eigenvalue weighted by molar-refractivity contribution is -0.116. The van der Waals surface area contributed by atoms with Crippen LogP contribution >= 0.6 is 0 Å². The van der Waals surface area contributed by atoms with Gasteiger partial charge in [-0.3, -0.25) is 4.79 Å². The van der Waals surface area contributed by atoms with Crippen LogP contribution in [-0.4, -0.2) is 51.6 Å². The molecule has 0 atom stereocenters. The summed E-state index contributed by atoms with van der Waals surface area (Å²) in [5.41, 5.74) is 1.51. The molecule has 2 N–H and O–H groups in total. The Morgan fingerprint density at radius 1 is 1.15 bits per heavy atom. The summed E-state index contributed by atoms with van der Waals surface area (Å²) in [5.74, 6) is 0.635. The molecule has 4 heterocycles. The minimum absolute atomic E-state index is 0.0682. The quantitative estimate of drug-likeness (QED) is 0.720. The van der Waals surface area contributed by atoms with E-state index in [4.69, 9.17) is 0 Å². The molecule has 26 heavy (non-hydrogen) atoms. The van der Waals surface area contributed by atoms with Crippen molar-refractivity contribution >= 4 is 28.6 Å². The molecule has 8 nitrogen and oxygen atoms in total. The highest BCUT2D eigenvalue weighted by Gasteiger charge is 2.13. The van der Waals surface area contributed by atoms with E-state index in [0.717, 1.165) is 37.2 Å². The van der Waals surface area contributed by atoms with Crippen LogP contribution in [0.1, 0.15) is 6.42 Å². The molecular formula is C18H21N7O. The van der Waals surface area contributed by atoms with Crippen molar-refractivity contribution in [3.63, 3.8) is 0 Å². The molecule has 0 bridgehead atoms. The lowest BCUT2D eigenvalue weighted by Crippen LogP contribution is -2.44. The summed E-state index contributed by atoms with van der Waals surface area (Å²) in [6, 6.07) is 5.92. The van der Waals surface area contributed by atoms with Crippen molar-refractivity contribution in [2.24, 2.45) is 0 Å². The van der Waals surface area contributed by atoms with Crippen LogP contribution in [0.15, 0.2) is 43.0 Å². The van der Waals surface area contributed by atoms with Crippen molar-refractivity contribution in [1.82, 2.24) is 24.8 Å². The Balaban J connectivity index is 1.33. The van der Waals surface area contributed by atoms with Crippen LogP contribution in [0.5, 0.6) is 0 Å². The second-order valence-electron chi connectivity index (χ2n) is 6.23. The number of nitrogens with one attached hydrogen (secondary N) is 2. The van der Waals surface area contributed by atoms with E-state index >= 15 is 0 Å². The van der Waals surface area contributed by atoms with E-state index in [1.807, 2.05) is 29.0 Å². The Morgan fingerprint density at radius 3 is 2.77 bits per heavy atom. The third-order valence-electron chi connectivity index (χ3n) is 4.42. The summed E-state index contributed by atoms with van der Waals surface area (Å²) in [5, 5.41) is 7.23. The highest BCUT2D eigenvalue weighted by Crippen LogP contribution is 2.14. The molecule has 1 fully saturated rings. The second kappa shape index (κ2) is 7.49. The van der Waals surface area contributed by atoms with Gasteiger partial charge >= 0.3 is 0 Å². The Labute approximate surface area is 151 Å². The maximum Gasteiger partial charge on any atom is 0.226 e. The minimum atomic E-state index is -0.0682. The van der Waals surface area contributed by atoms with E-state index in [0.29, 0.717) is 24.6 Å². The summed E-state index contributed by atoms with van der Waals surface area (Å²) in [6.45, 7) is 4.23. The first kappa shape index (κ1) is 16.5. The number of hydrogen-bond acceptors (Lipinski definition) is 6. The summed E-state index contributed by atoms with van der Waals surface area (Å²) in [7, 11) is 0. The largest absolute Gasteiger partial charge is 0.338 e. The van der Waals surface area contributed by atoms with Gasteiger partial charge in [0.1, 0.15) is 5.65 Å². The highest BCUT2D eigenvalue weighted by molar-refractivity contribution is 5.90. The minimum Gasteiger partial charge on any atom is -0.338 e. The number of amides is 1. The molecule has 4 rings (SSSR count). The number of pyridine rings is 1. The maximum absolute atomic E-state index is 12.2. The first-order chi connectivity index (χ1) is 12.8. The van der Waals surface area contributed by atoms with Crippen LogP contribution in [0.2, 0.25) is 0 Å². The van der Waals surface area contributed by atoms with Crippen molar-refractivity contribution in [2.45, 2.75) is 13.0 Å². The van der Waals surface area contributed by atoms with Crippen molar-refractivity contribution in [3.8, 4) is 0 Å². The summed E-state index contributed by atoms with van der Waals surface area (Å²) >= 11 is 0. The Bertz CT molecular complexity index is 884. The van der Waals surface area contributed by atoms with Crippen LogP contribution in [0, 0.1) is 0 Å². The number of anilines is 2. The molecule has 0 spiro atoms. The van der Waals surface area contributed by atoms with Crippen LogP contribution in [0.4, 0.5) is 11.6 Å². The average Bonchev–Trinajstić information content (AvgIpc) is 3.11. The Hall–Kier alpha value is -3.00. The molecule has 0 unspecified atom stereocenters. The Morgan fingerprint density at radius 2 is 1.96 bits per heavy atom. The standard InChI is InChI=1S/C18H21N7O/c26-16(4-9-24-8-3-14-2-1-5-20-17(14)24)23-15-12-21-18(22-13-15)25-10-6-19-7-11-25/h1-3,5,8,12-13,19H,4,6-7,9-11H2,(H,23,26). The lowest BCUT2D eigenvalue weighted by atomic mass is 10.3. The van der Waals surface area contributed by atoms with E-state index in [9.17, 15) is 4.79 Å². The summed E-state index contributed by atoms with van der Waals surface area (Å²) in [6.07, 6.45) is 7.40. The van der Waals surface area contributed by atoms with Gasteiger partial charge in [-0.2, -0.15) is 0 Å². The molecule has 1 saturated heterocycles. The number of rotatable bonds is 5. The molecule has 1 aliphatic heterocycles. The predicted octanol–water partition coefficient (Wildman–Crippen LogP) is 1.26. The molecule has 1 aliphatic rings. The number of fused-ring (bicyclic) bond motifs is 1. The number of carbonyl (C=O) groups is 1. The van der Waals surface area contributed by atoms with E-state index in [2.05, 4.69) is 30.5 Å². The molecular weight excluding hydrogens is 330 g/mol. The zero-order chi connectivity index (χ0) is 17.8. The lowest BCUT2D eigenvalue weighted by Gasteiger charge is -2.27. The van der Waals surface area contributed by atoms with Gasteiger partial charge in [-0.1, -0.05) is 0 Å². The zero-order valence-corrected chi connectivity index (χ0v) is 14.4. The van der Waals surface area contributed by atoms with Gasteiger partial charge in [-0.05, 0) is 18.2 Å². The van der Waals surface area contributed by atoms with Gasteiger partial charge in [0.2, 0.25) is 11.9 Å². The van der Waals surface area contributed by atoms with E-state index < -0.39 is 0 Å². The van der Waals surface area contributed by atoms with E-state index in [1.54, 1.807) is 18.6 Å². The second-order valence-corrected chi connectivity index (χ2v) is 6.23. The molecule has 0 radical (unpaired) electrons. The SMILES string of the molecule is O=C(CCn1ccc2cccnc21)Nc1cnc(N2CCNCC2)nc1. The highest BCUT2D eigenvalue weighted by atomic mass is 16.1. The van der Waals surface area contributed by atoms with Gasteiger partial charge in [0, 0.05) is 56.9 Å². The number of carbonyl (C=O) groups excluding carboxylic acids is 1. The van der Waals surface area contributed by atoms with Crippen molar-refractivity contribution in [2.75, 3.05) is 36.4 Å². The molecule has 134 valence electrons. The smallest absolute Gasteiger partial charge is 0.226 e. The third kappa shape index (κ3) is 3.65. The molecule has 3 aromatic rings. The monoisotopic (exact) mass is 351 g/mol. The van der Waals surface area contributed by atoms with E-state index in [-0.39, 0.29) is 5.91 Å². The fraction of sp³-hybridized carbons (Fsp3) is 0.333. The fourth-order valence-corrected chi connectivity index (χ4v) is 3.06.